The Hall–Kier alpha value is -2.15. The highest BCUT2D eigenvalue weighted by molar-refractivity contribution is 6.34. The lowest BCUT2D eigenvalue weighted by atomic mass is 10.1. The largest absolute Gasteiger partial charge is 0.353 e. The van der Waals surface area contributed by atoms with E-state index in [1.807, 2.05) is 0 Å². The number of carbonyl (C=O) groups is 2. The first-order valence-electron chi connectivity index (χ1n) is 5.95. The van der Waals surface area contributed by atoms with E-state index >= 15 is 0 Å². The van der Waals surface area contributed by atoms with Gasteiger partial charge in [-0.05, 0) is 13.0 Å². The quantitative estimate of drug-likeness (QED) is 0.656. The molecular weight excluding hydrogens is 286 g/mol. The summed E-state index contributed by atoms with van der Waals surface area (Å²) < 4.78 is 0. The van der Waals surface area contributed by atoms with Crippen LogP contribution in [0.3, 0.4) is 0 Å². The third-order valence-electron chi connectivity index (χ3n) is 3.16. The first kappa shape index (κ1) is 14.3. The van der Waals surface area contributed by atoms with Gasteiger partial charge < -0.3 is 10.2 Å². The average Bonchev–Trinajstić information content (AvgIpc) is 2.40. The van der Waals surface area contributed by atoms with Gasteiger partial charge in [-0.25, -0.2) is 0 Å². The fourth-order valence-electron chi connectivity index (χ4n) is 2.08. The lowest BCUT2D eigenvalue weighted by Gasteiger charge is -2.32. The summed E-state index contributed by atoms with van der Waals surface area (Å²) in [4.78, 5) is 35.7. The van der Waals surface area contributed by atoms with Crippen LogP contribution in [0.5, 0.6) is 0 Å². The van der Waals surface area contributed by atoms with Crippen molar-refractivity contribution in [2.75, 3.05) is 13.1 Å². The predicted molar refractivity (Wildman–Crippen MR) is 71.6 cm³/mol. The van der Waals surface area contributed by atoms with E-state index < -0.39 is 16.9 Å². The molecule has 0 bridgehead atoms. The third kappa shape index (κ3) is 2.44. The Labute approximate surface area is 119 Å². The van der Waals surface area contributed by atoms with Gasteiger partial charge in [-0.1, -0.05) is 17.7 Å². The monoisotopic (exact) mass is 297 g/mol. The van der Waals surface area contributed by atoms with Crippen LogP contribution < -0.4 is 5.32 Å². The van der Waals surface area contributed by atoms with Gasteiger partial charge in [-0.15, -0.1) is 0 Å². The molecule has 20 heavy (non-hydrogen) atoms. The van der Waals surface area contributed by atoms with Crippen molar-refractivity contribution < 1.29 is 14.5 Å². The Morgan fingerprint density at radius 2 is 2.25 bits per heavy atom. The van der Waals surface area contributed by atoms with E-state index in [9.17, 15) is 19.7 Å². The SMILES string of the molecule is CC1C(=O)NCCN1C(=O)c1c(Cl)cccc1[N+](=O)[O-]. The van der Waals surface area contributed by atoms with Crippen LogP contribution in [0.25, 0.3) is 0 Å². The van der Waals surface area contributed by atoms with Gasteiger partial charge >= 0.3 is 0 Å². The molecule has 2 rings (SSSR count). The number of nitrogens with one attached hydrogen (secondary N) is 1. The van der Waals surface area contributed by atoms with Crippen molar-refractivity contribution in [1.82, 2.24) is 10.2 Å². The van der Waals surface area contributed by atoms with Gasteiger partial charge in [0.25, 0.3) is 11.6 Å². The number of hydrogen-bond donors (Lipinski definition) is 1. The van der Waals surface area contributed by atoms with E-state index in [1.165, 1.54) is 23.1 Å². The first-order valence-corrected chi connectivity index (χ1v) is 6.33. The predicted octanol–water partition coefficient (Wildman–Crippen LogP) is 1.21. The van der Waals surface area contributed by atoms with Crippen LogP contribution in [0.15, 0.2) is 18.2 Å². The molecule has 0 radical (unpaired) electrons. The van der Waals surface area contributed by atoms with Crippen molar-refractivity contribution in [3.8, 4) is 0 Å². The molecule has 0 aliphatic carbocycles. The van der Waals surface area contributed by atoms with Crippen molar-refractivity contribution in [3.05, 3.63) is 38.9 Å². The van der Waals surface area contributed by atoms with E-state index in [0.29, 0.717) is 6.54 Å². The number of benzene rings is 1. The van der Waals surface area contributed by atoms with E-state index in [4.69, 9.17) is 11.6 Å². The maximum absolute atomic E-state index is 12.5. The summed E-state index contributed by atoms with van der Waals surface area (Å²) >= 11 is 5.92. The number of nitro groups is 1. The fraction of sp³-hybridized carbons (Fsp3) is 0.333. The minimum atomic E-state index is -0.688. The molecule has 7 nitrogen and oxygen atoms in total. The molecule has 1 N–H and O–H groups in total. The molecule has 1 atom stereocenters. The van der Waals surface area contributed by atoms with Crippen molar-refractivity contribution in [3.63, 3.8) is 0 Å². The summed E-state index contributed by atoms with van der Waals surface area (Å²) in [7, 11) is 0. The highest BCUT2D eigenvalue weighted by atomic mass is 35.5. The van der Waals surface area contributed by atoms with Crippen LogP contribution >= 0.6 is 11.6 Å². The van der Waals surface area contributed by atoms with E-state index in [-0.39, 0.29) is 28.7 Å². The number of rotatable bonds is 2. The second kappa shape index (κ2) is 5.46. The number of hydrogen-bond acceptors (Lipinski definition) is 4. The first-order chi connectivity index (χ1) is 9.43. The van der Waals surface area contributed by atoms with Gasteiger partial charge in [-0.3, -0.25) is 19.7 Å². The summed E-state index contributed by atoms with van der Waals surface area (Å²) in [6, 6.07) is 3.35. The Kier molecular flexibility index (Phi) is 3.89. The molecule has 1 aromatic carbocycles. The fourth-order valence-corrected chi connectivity index (χ4v) is 2.33. The highest BCUT2D eigenvalue weighted by Gasteiger charge is 2.34. The molecule has 2 amide bonds. The number of nitrogens with zero attached hydrogens (tertiary/aromatic N) is 2. The van der Waals surface area contributed by atoms with Crippen LogP contribution in [-0.4, -0.2) is 40.8 Å². The molecule has 1 aromatic rings. The zero-order valence-electron chi connectivity index (χ0n) is 10.6. The number of amides is 2. The topological polar surface area (TPSA) is 92.6 Å². The molecule has 0 spiro atoms. The molecule has 1 fully saturated rings. The lowest BCUT2D eigenvalue weighted by Crippen LogP contribution is -2.55. The number of carbonyl (C=O) groups excluding carboxylic acids is 2. The number of nitro benzene ring substituents is 1. The third-order valence-corrected chi connectivity index (χ3v) is 3.48. The summed E-state index contributed by atoms with van der Waals surface area (Å²) in [5.74, 6) is -0.899. The summed E-state index contributed by atoms with van der Waals surface area (Å²) in [6.45, 7) is 2.16. The zero-order valence-corrected chi connectivity index (χ0v) is 11.4. The Bertz CT molecular complexity index is 590. The molecule has 0 aromatic heterocycles. The average molecular weight is 298 g/mol. The molecule has 1 aliphatic rings. The van der Waals surface area contributed by atoms with Gasteiger partial charge in [-0.2, -0.15) is 0 Å². The van der Waals surface area contributed by atoms with E-state index in [0.717, 1.165) is 0 Å². The summed E-state index contributed by atoms with van der Waals surface area (Å²) in [5, 5.41) is 13.6. The van der Waals surface area contributed by atoms with Gasteiger partial charge in [0.05, 0.1) is 9.95 Å². The van der Waals surface area contributed by atoms with E-state index in [1.54, 1.807) is 6.92 Å². The second-order valence-corrected chi connectivity index (χ2v) is 4.76. The minimum Gasteiger partial charge on any atom is -0.353 e. The normalized spacial score (nSPS) is 18.6. The van der Waals surface area contributed by atoms with Crippen molar-refractivity contribution in [2.24, 2.45) is 0 Å². The molecule has 106 valence electrons. The molecule has 1 saturated heterocycles. The molecule has 1 heterocycles. The van der Waals surface area contributed by atoms with Crippen LogP contribution in [0.1, 0.15) is 17.3 Å². The standard InChI is InChI=1S/C12H12ClN3O4/c1-7-11(17)14-5-6-15(7)12(18)10-8(13)3-2-4-9(10)16(19)20/h2-4,7H,5-6H2,1H3,(H,14,17). The summed E-state index contributed by atoms with van der Waals surface area (Å²) in [5.41, 5.74) is -0.540. The maximum atomic E-state index is 12.5. The Morgan fingerprint density at radius 3 is 2.90 bits per heavy atom. The van der Waals surface area contributed by atoms with Crippen molar-refractivity contribution >= 4 is 29.1 Å². The molecular formula is C12H12ClN3O4. The van der Waals surface area contributed by atoms with Gasteiger partial charge in [0.15, 0.2) is 0 Å². The van der Waals surface area contributed by atoms with Crippen LogP contribution in [0, 0.1) is 10.1 Å². The van der Waals surface area contributed by atoms with Gasteiger partial charge in [0.1, 0.15) is 11.6 Å². The van der Waals surface area contributed by atoms with Crippen LogP contribution in [0.4, 0.5) is 5.69 Å². The van der Waals surface area contributed by atoms with Gasteiger partial charge in [0.2, 0.25) is 5.91 Å². The van der Waals surface area contributed by atoms with Crippen LogP contribution in [-0.2, 0) is 4.79 Å². The highest BCUT2D eigenvalue weighted by Crippen LogP contribution is 2.28. The van der Waals surface area contributed by atoms with Crippen molar-refractivity contribution in [1.29, 1.82) is 0 Å². The maximum Gasteiger partial charge on any atom is 0.283 e. The zero-order chi connectivity index (χ0) is 14.9. The number of piperazine rings is 1. The Morgan fingerprint density at radius 1 is 1.55 bits per heavy atom. The molecule has 1 aliphatic heterocycles. The second-order valence-electron chi connectivity index (χ2n) is 4.36. The van der Waals surface area contributed by atoms with Crippen molar-refractivity contribution in [2.45, 2.75) is 13.0 Å². The lowest BCUT2D eigenvalue weighted by molar-refractivity contribution is -0.385. The molecule has 0 saturated carbocycles. The van der Waals surface area contributed by atoms with E-state index in [2.05, 4.69) is 5.32 Å². The number of halogens is 1. The molecule has 8 heteroatoms. The van der Waals surface area contributed by atoms with Crippen LogP contribution in [0.2, 0.25) is 5.02 Å². The molecule has 1 unspecified atom stereocenters. The van der Waals surface area contributed by atoms with Gasteiger partial charge in [0, 0.05) is 19.2 Å². The summed E-state index contributed by atoms with van der Waals surface area (Å²) in [6.07, 6.45) is 0. The Balaban J connectivity index is 2.43. The smallest absolute Gasteiger partial charge is 0.283 e. The minimum absolute atomic E-state index is 0.00221.